The van der Waals surface area contributed by atoms with Crippen LogP contribution in [0.25, 0.3) is 11.3 Å². The summed E-state index contributed by atoms with van der Waals surface area (Å²) in [4.78, 5) is 12.4. The average molecular weight is 376 g/mol. The van der Waals surface area contributed by atoms with E-state index in [0.717, 1.165) is 11.1 Å². The molecular formula is C19H15Cl2NO3. The standard InChI is InChI=1S/C19H15Cl2NO3/c1-11-8-13(3-5-15(11)18-7-4-14(10-23)25-18)22-19(24)16-9-12(20)2-6-17(16)21/h2-9,23H,10H2,1H3,(H,22,24). The summed E-state index contributed by atoms with van der Waals surface area (Å²) >= 11 is 12.0. The zero-order chi connectivity index (χ0) is 18.0. The average Bonchev–Trinajstić information content (AvgIpc) is 3.06. The Hall–Kier alpha value is -2.27. The van der Waals surface area contributed by atoms with E-state index in [4.69, 9.17) is 32.7 Å². The maximum atomic E-state index is 12.4. The molecule has 6 heteroatoms. The number of aliphatic hydroxyl groups is 1. The van der Waals surface area contributed by atoms with E-state index in [-0.39, 0.29) is 12.5 Å². The van der Waals surface area contributed by atoms with Crippen molar-refractivity contribution in [2.45, 2.75) is 13.5 Å². The van der Waals surface area contributed by atoms with E-state index >= 15 is 0 Å². The summed E-state index contributed by atoms with van der Waals surface area (Å²) in [5.74, 6) is 0.833. The molecule has 3 aromatic rings. The molecule has 1 aromatic heterocycles. The summed E-state index contributed by atoms with van der Waals surface area (Å²) in [5.41, 5.74) is 2.76. The van der Waals surface area contributed by atoms with Crippen molar-refractivity contribution < 1.29 is 14.3 Å². The van der Waals surface area contributed by atoms with E-state index in [1.807, 2.05) is 19.1 Å². The van der Waals surface area contributed by atoms with E-state index in [0.29, 0.717) is 32.8 Å². The molecule has 4 nitrogen and oxygen atoms in total. The minimum absolute atomic E-state index is 0.145. The molecule has 0 saturated carbocycles. The van der Waals surface area contributed by atoms with Crippen molar-refractivity contribution in [3.05, 3.63) is 75.5 Å². The number of benzene rings is 2. The number of nitrogens with one attached hydrogen (secondary N) is 1. The summed E-state index contributed by atoms with van der Waals surface area (Å²) < 4.78 is 5.55. The summed E-state index contributed by atoms with van der Waals surface area (Å²) in [6, 6.07) is 13.7. The fourth-order valence-corrected chi connectivity index (χ4v) is 2.87. The molecule has 1 heterocycles. The highest BCUT2D eigenvalue weighted by atomic mass is 35.5. The second-order valence-corrected chi connectivity index (χ2v) is 6.38. The SMILES string of the molecule is Cc1cc(NC(=O)c2cc(Cl)ccc2Cl)ccc1-c1ccc(CO)o1. The van der Waals surface area contributed by atoms with Crippen molar-refractivity contribution >= 4 is 34.8 Å². The first-order chi connectivity index (χ1) is 12.0. The molecule has 0 unspecified atom stereocenters. The topological polar surface area (TPSA) is 62.5 Å². The van der Waals surface area contributed by atoms with E-state index in [1.165, 1.54) is 6.07 Å². The first-order valence-corrected chi connectivity index (χ1v) is 8.30. The van der Waals surface area contributed by atoms with Crippen LogP contribution in [0.15, 0.2) is 52.9 Å². The lowest BCUT2D eigenvalue weighted by molar-refractivity contribution is 0.102. The molecule has 0 aliphatic rings. The van der Waals surface area contributed by atoms with Crippen molar-refractivity contribution in [1.29, 1.82) is 0 Å². The quantitative estimate of drug-likeness (QED) is 0.649. The molecule has 0 saturated heterocycles. The van der Waals surface area contributed by atoms with Crippen LogP contribution in [0.3, 0.4) is 0 Å². The van der Waals surface area contributed by atoms with Crippen LogP contribution in [-0.2, 0) is 6.61 Å². The number of anilines is 1. The number of carbonyl (C=O) groups excluding carboxylic acids is 1. The first kappa shape index (κ1) is 17.5. The van der Waals surface area contributed by atoms with Crippen LogP contribution >= 0.6 is 23.2 Å². The Morgan fingerprint density at radius 2 is 1.92 bits per heavy atom. The molecule has 0 spiro atoms. The van der Waals surface area contributed by atoms with Gasteiger partial charge in [-0.1, -0.05) is 23.2 Å². The van der Waals surface area contributed by atoms with Gasteiger partial charge in [-0.3, -0.25) is 4.79 Å². The fraction of sp³-hybridized carbons (Fsp3) is 0.105. The van der Waals surface area contributed by atoms with Gasteiger partial charge < -0.3 is 14.8 Å². The van der Waals surface area contributed by atoms with E-state index in [2.05, 4.69) is 5.32 Å². The number of halogens is 2. The number of hydrogen-bond donors (Lipinski definition) is 2. The number of aryl methyl sites for hydroxylation is 1. The second-order valence-electron chi connectivity index (χ2n) is 5.53. The monoisotopic (exact) mass is 375 g/mol. The summed E-state index contributed by atoms with van der Waals surface area (Å²) in [7, 11) is 0. The Morgan fingerprint density at radius 3 is 2.60 bits per heavy atom. The van der Waals surface area contributed by atoms with Gasteiger partial charge in [0.25, 0.3) is 5.91 Å². The van der Waals surface area contributed by atoms with Gasteiger partial charge in [-0.05, 0) is 61.0 Å². The smallest absolute Gasteiger partial charge is 0.257 e. The van der Waals surface area contributed by atoms with Crippen molar-refractivity contribution in [2.24, 2.45) is 0 Å². The van der Waals surface area contributed by atoms with Gasteiger partial charge in [0.15, 0.2) is 0 Å². The molecule has 0 fully saturated rings. The molecule has 0 radical (unpaired) electrons. The normalized spacial score (nSPS) is 10.7. The maximum Gasteiger partial charge on any atom is 0.257 e. The van der Waals surface area contributed by atoms with Gasteiger partial charge >= 0.3 is 0 Å². The highest BCUT2D eigenvalue weighted by molar-refractivity contribution is 6.36. The number of hydrogen-bond acceptors (Lipinski definition) is 3. The van der Waals surface area contributed by atoms with Gasteiger partial charge in [0.2, 0.25) is 0 Å². The van der Waals surface area contributed by atoms with Gasteiger partial charge in [0.05, 0.1) is 10.6 Å². The van der Waals surface area contributed by atoms with Gasteiger partial charge in [0, 0.05) is 16.3 Å². The van der Waals surface area contributed by atoms with Crippen LogP contribution in [0, 0.1) is 6.92 Å². The Kier molecular flexibility index (Phi) is 5.13. The van der Waals surface area contributed by atoms with E-state index in [1.54, 1.807) is 30.3 Å². The lowest BCUT2D eigenvalue weighted by atomic mass is 10.1. The van der Waals surface area contributed by atoms with Crippen molar-refractivity contribution in [3.8, 4) is 11.3 Å². The van der Waals surface area contributed by atoms with Gasteiger partial charge in [0.1, 0.15) is 18.1 Å². The van der Waals surface area contributed by atoms with E-state index in [9.17, 15) is 4.79 Å². The number of aliphatic hydroxyl groups excluding tert-OH is 1. The third-order valence-corrected chi connectivity index (χ3v) is 4.30. The molecule has 1 amide bonds. The number of furan rings is 1. The fourth-order valence-electron chi connectivity index (χ4n) is 2.50. The molecular weight excluding hydrogens is 361 g/mol. The predicted molar refractivity (Wildman–Crippen MR) is 99.2 cm³/mol. The van der Waals surface area contributed by atoms with Gasteiger partial charge in [-0.25, -0.2) is 0 Å². The van der Waals surface area contributed by atoms with Crippen LogP contribution in [0.2, 0.25) is 10.0 Å². The minimum Gasteiger partial charge on any atom is -0.459 e. The minimum atomic E-state index is -0.333. The lowest BCUT2D eigenvalue weighted by Gasteiger charge is -2.10. The van der Waals surface area contributed by atoms with E-state index < -0.39 is 0 Å². The lowest BCUT2D eigenvalue weighted by Crippen LogP contribution is -2.12. The van der Waals surface area contributed by atoms with Crippen LogP contribution < -0.4 is 5.32 Å². The van der Waals surface area contributed by atoms with Crippen molar-refractivity contribution in [2.75, 3.05) is 5.32 Å². The Labute approximate surface area is 155 Å². The maximum absolute atomic E-state index is 12.4. The summed E-state index contributed by atoms with van der Waals surface area (Å²) in [6.07, 6.45) is 0. The van der Waals surface area contributed by atoms with Crippen molar-refractivity contribution in [3.63, 3.8) is 0 Å². The second kappa shape index (κ2) is 7.31. The Morgan fingerprint density at radius 1 is 1.12 bits per heavy atom. The molecule has 0 bridgehead atoms. The van der Waals surface area contributed by atoms with Gasteiger partial charge in [-0.15, -0.1) is 0 Å². The molecule has 0 atom stereocenters. The molecule has 2 N–H and O–H groups in total. The molecule has 2 aromatic carbocycles. The highest BCUT2D eigenvalue weighted by Crippen LogP contribution is 2.28. The largest absolute Gasteiger partial charge is 0.459 e. The zero-order valence-electron chi connectivity index (χ0n) is 13.3. The highest BCUT2D eigenvalue weighted by Gasteiger charge is 2.13. The van der Waals surface area contributed by atoms with Crippen LogP contribution in [0.5, 0.6) is 0 Å². The molecule has 0 aliphatic heterocycles. The summed E-state index contributed by atoms with van der Waals surface area (Å²) in [6.45, 7) is 1.77. The molecule has 25 heavy (non-hydrogen) atoms. The Balaban J connectivity index is 1.83. The molecule has 3 rings (SSSR count). The third kappa shape index (κ3) is 3.87. The predicted octanol–water partition coefficient (Wildman–Crippen LogP) is 5.31. The number of amides is 1. The van der Waals surface area contributed by atoms with Gasteiger partial charge in [-0.2, -0.15) is 0 Å². The van der Waals surface area contributed by atoms with Crippen LogP contribution in [0.4, 0.5) is 5.69 Å². The molecule has 128 valence electrons. The summed E-state index contributed by atoms with van der Waals surface area (Å²) in [5, 5.41) is 12.7. The molecule has 0 aliphatic carbocycles. The van der Waals surface area contributed by atoms with Crippen LogP contribution in [0.1, 0.15) is 21.7 Å². The van der Waals surface area contributed by atoms with Crippen LogP contribution in [-0.4, -0.2) is 11.0 Å². The zero-order valence-corrected chi connectivity index (χ0v) is 14.9. The first-order valence-electron chi connectivity index (χ1n) is 7.55. The number of rotatable bonds is 4. The Bertz CT molecular complexity index is 934. The number of carbonyl (C=O) groups is 1. The third-order valence-electron chi connectivity index (χ3n) is 3.74. The van der Waals surface area contributed by atoms with Crippen molar-refractivity contribution in [1.82, 2.24) is 0 Å².